The van der Waals surface area contributed by atoms with E-state index in [-0.39, 0.29) is 12.0 Å². The molecule has 1 aromatic rings. The predicted octanol–water partition coefficient (Wildman–Crippen LogP) is 2.76. The lowest BCUT2D eigenvalue weighted by molar-refractivity contribution is -0.135. The molecular weight excluding hydrogens is 240 g/mol. The van der Waals surface area contributed by atoms with Crippen LogP contribution in [-0.2, 0) is 9.53 Å². The average molecular weight is 260 g/mol. The van der Waals surface area contributed by atoms with Crippen LogP contribution in [0.4, 0.5) is 0 Å². The predicted molar refractivity (Wildman–Crippen MR) is 74.9 cm³/mol. The van der Waals surface area contributed by atoms with Gasteiger partial charge in [-0.05, 0) is 18.9 Å². The number of hydrogen-bond donors (Lipinski definition) is 0. The van der Waals surface area contributed by atoms with Crippen molar-refractivity contribution in [2.75, 3.05) is 13.2 Å². The highest BCUT2D eigenvalue weighted by Gasteiger charge is 2.31. The van der Waals surface area contributed by atoms with Crippen molar-refractivity contribution in [3.05, 3.63) is 35.9 Å². The third kappa shape index (κ3) is 3.13. The SMILES string of the molecule is CCCN1N=C(C(=O)OCC)C[C@@H]1c1ccccc1. The van der Waals surface area contributed by atoms with E-state index in [0.29, 0.717) is 18.7 Å². The van der Waals surface area contributed by atoms with Gasteiger partial charge in [-0.15, -0.1) is 0 Å². The molecule has 0 radical (unpaired) electrons. The monoisotopic (exact) mass is 260 g/mol. The number of carbonyl (C=O) groups excluding carboxylic acids is 1. The van der Waals surface area contributed by atoms with E-state index < -0.39 is 0 Å². The van der Waals surface area contributed by atoms with Crippen molar-refractivity contribution in [3.8, 4) is 0 Å². The van der Waals surface area contributed by atoms with Crippen LogP contribution in [0.5, 0.6) is 0 Å². The molecule has 1 heterocycles. The highest BCUT2D eigenvalue weighted by atomic mass is 16.5. The summed E-state index contributed by atoms with van der Waals surface area (Å²) in [6.07, 6.45) is 1.63. The summed E-state index contributed by atoms with van der Waals surface area (Å²) in [5.41, 5.74) is 1.73. The minimum Gasteiger partial charge on any atom is -0.461 e. The first-order valence-electron chi connectivity index (χ1n) is 6.82. The minimum absolute atomic E-state index is 0.153. The van der Waals surface area contributed by atoms with Crippen LogP contribution in [0.3, 0.4) is 0 Å². The Bertz CT molecular complexity index is 456. The lowest BCUT2D eigenvalue weighted by atomic mass is 10.0. The van der Waals surface area contributed by atoms with E-state index in [1.54, 1.807) is 0 Å². The van der Waals surface area contributed by atoms with Gasteiger partial charge in [-0.3, -0.25) is 5.01 Å². The Balaban J connectivity index is 2.16. The number of ether oxygens (including phenoxy) is 1. The quantitative estimate of drug-likeness (QED) is 0.764. The number of carbonyl (C=O) groups is 1. The Morgan fingerprint density at radius 3 is 2.74 bits per heavy atom. The van der Waals surface area contributed by atoms with E-state index in [4.69, 9.17) is 4.74 Å². The minimum atomic E-state index is -0.290. The fourth-order valence-corrected chi connectivity index (χ4v) is 2.29. The Morgan fingerprint density at radius 1 is 1.37 bits per heavy atom. The number of hydrazone groups is 1. The van der Waals surface area contributed by atoms with Crippen molar-refractivity contribution < 1.29 is 9.53 Å². The van der Waals surface area contributed by atoms with E-state index in [1.165, 1.54) is 5.56 Å². The summed E-state index contributed by atoms with van der Waals surface area (Å²) in [6, 6.07) is 10.3. The van der Waals surface area contributed by atoms with Gasteiger partial charge in [-0.1, -0.05) is 37.3 Å². The van der Waals surface area contributed by atoms with Gasteiger partial charge < -0.3 is 4.74 Å². The third-order valence-electron chi connectivity index (χ3n) is 3.14. The molecule has 4 nitrogen and oxygen atoms in total. The van der Waals surface area contributed by atoms with Crippen molar-refractivity contribution in [2.24, 2.45) is 5.10 Å². The first-order valence-corrected chi connectivity index (χ1v) is 6.82. The largest absolute Gasteiger partial charge is 0.461 e. The summed E-state index contributed by atoms with van der Waals surface area (Å²) in [7, 11) is 0. The highest BCUT2D eigenvalue weighted by Crippen LogP contribution is 2.30. The van der Waals surface area contributed by atoms with E-state index in [0.717, 1.165) is 13.0 Å². The zero-order chi connectivity index (χ0) is 13.7. The second kappa shape index (κ2) is 6.36. The van der Waals surface area contributed by atoms with Crippen LogP contribution in [0.15, 0.2) is 35.4 Å². The van der Waals surface area contributed by atoms with Crippen LogP contribution in [-0.4, -0.2) is 29.8 Å². The zero-order valence-corrected chi connectivity index (χ0v) is 11.5. The van der Waals surface area contributed by atoms with Gasteiger partial charge in [0.15, 0.2) is 0 Å². The molecule has 0 fully saturated rings. The van der Waals surface area contributed by atoms with Crippen LogP contribution in [0.2, 0.25) is 0 Å². The fourth-order valence-electron chi connectivity index (χ4n) is 2.29. The van der Waals surface area contributed by atoms with E-state index in [9.17, 15) is 4.79 Å². The van der Waals surface area contributed by atoms with E-state index in [2.05, 4.69) is 24.2 Å². The third-order valence-corrected chi connectivity index (χ3v) is 3.14. The van der Waals surface area contributed by atoms with Crippen molar-refractivity contribution in [1.82, 2.24) is 5.01 Å². The molecule has 102 valence electrons. The molecular formula is C15H20N2O2. The molecule has 19 heavy (non-hydrogen) atoms. The number of esters is 1. The van der Waals surface area contributed by atoms with Crippen LogP contribution in [0.25, 0.3) is 0 Å². The molecule has 2 rings (SSSR count). The summed E-state index contributed by atoms with van der Waals surface area (Å²) in [5.74, 6) is -0.290. The van der Waals surface area contributed by atoms with Gasteiger partial charge in [-0.2, -0.15) is 5.10 Å². The van der Waals surface area contributed by atoms with Crippen LogP contribution < -0.4 is 0 Å². The van der Waals surface area contributed by atoms with Crippen molar-refractivity contribution in [1.29, 1.82) is 0 Å². The van der Waals surface area contributed by atoms with Gasteiger partial charge in [0, 0.05) is 13.0 Å². The topological polar surface area (TPSA) is 41.9 Å². The Labute approximate surface area is 114 Å². The summed E-state index contributed by atoms with van der Waals surface area (Å²) < 4.78 is 5.04. The van der Waals surface area contributed by atoms with Gasteiger partial charge in [0.25, 0.3) is 0 Å². The van der Waals surface area contributed by atoms with Gasteiger partial charge in [0.05, 0.1) is 12.6 Å². The van der Waals surface area contributed by atoms with E-state index >= 15 is 0 Å². The smallest absolute Gasteiger partial charge is 0.354 e. The zero-order valence-electron chi connectivity index (χ0n) is 11.5. The second-order valence-corrected chi connectivity index (χ2v) is 4.56. The molecule has 4 heteroatoms. The van der Waals surface area contributed by atoms with Crippen molar-refractivity contribution >= 4 is 11.7 Å². The molecule has 1 aromatic carbocycles. The Hall–Kier alpha value is -1.84. The summed E-state index contributed by atoms with van der Waals surface area (Å²) in [6.45, 7) is 5.16. The molecule has 1 atom stereocenters. The maximum Gasteiger partial charge on any atom is 0.354 e. The molecule has 0 saturated carbocycles. The maximum absolute atomic E-state index is 11.8. The first kappa shape index (κ1) is 13.6. The van der Waals surface area contributed by atoms with Crippen LogP contribution in [0.1, 0.15) is 38.3 Å². The summed E-state index contributed by atoms with van der Waals surface area (Å²) in [5, 5.41) is 6.43. The van der Waals surface area contributed by atoms with Gasteiger partial charge in [-0.25, -0.2) is 4.79 Å². The lowest BCUT2D eigenvalue weighted by Crippen LogP contribution is -2.20. The van der Waals surface area contributed by atoms with Gasteiger partial charge in [0.1, 0.15) is 5.71 Å². The van der Waals surface area contributed by atoms with E-state index in [1.807, 2.05) is 30.1 Å². The summed E-state index contributed by atoms with van der Waals surface area (Å²) in [4.78, 5) is 11.8. The van der Waals surface area contributed by atoms with Crippen LogP contribution >= 0.6 is 0 Å². The molecule has 0 saturated heterocycles. The standard InChI is InChI=1S/C15H20N2O2/c1-3-10-17-14(12-8-6-5-7-9-12)11-13(16-17)15(18)19-4-2/h5-9,14H,3-4,10-11H2,1-2H3/t14-/m1/s1. The highest BCUT2D eigenvalue weighted by molar-refractivity contribution is 6.36. The van der Waals surface area contributed by atoms with Crippen molar-refractivity contribution in [3.63, 3.8) is 0 Å². The molecule has 0 aliphatic carbocycles. The Morgan fingerprint density at radius 2 is 2.11 bits per heavy atom. The molecule has 0 amide bonds. The normalized spacial score (nSPS) is 18.3. The molecule has 1 aliphatic heterocycles. The fraction of sp³-hybridized carbons (Fsp3) is 0.467. The number of rotatable bonds is 5. The first-order chi connectivity index (χ1) is 9.26. The molecule has 1 aliphatic rings. The molecule has 0 unspecified atom stereocenters. The second-order valence-electron chi connectivity index (χ2n) is 4.56. The molecule has 0 N–H and O–H groups in total. The number of benzene rings is 1. The molecule has 0 spiro atoms. The number of nitrogens with zero attached hydrogens (tertiary/aromatic N) is 2. The molecule has 0 bridgehead atoms. The summed E-state index contributed by atoms with van der Waals surface area (Å²) >= 11 is 0. The Kier molecular flexibility index (Phi) is 4.55. The lowest BCUT2D eigenvalue weighted by Gasteiger charge is -2.23. The number of hydrogen-bond acceptors (Lipinski definition) is 4. The average Bonchev–Trinajstić information content (AvgIpc) is 2.85. The van der Waals surface area contributed by atoms with Gasteiger partial charge in [0.2, 0.25) is 0 Å². The van der Waals surface area contributed by atoms with Crippen molar-refractivity contribution in [2.45, 2.75) is 32.7 Å². The molecule has 0 aromatic heterocycles. The van der Waals surface area contributed by atoms with Crippen LogP contribution in [0, 0.1) is 0 Å². The maximum atomic E-state index is 11.8. The van der Waals surface area contributed by atoms with Gasteiger partial charge >= 0.3 is 5.97 Å².